The van der Waals surface area contributed by atoms with Gasteiger partial charge in [0.1, 0.15) is 0 Å². The summed E-state index contributed by atoms with van der Waals surface area (Å²) in [7, 11) is 0. The fourth-order valence-corrected chi connectivity index (χ4v) is 4.58. The van der Waals surface area contributed by atoms with Crippen molar-refractivity contribution in [2.45, 2.75) is 64.5 Å². The zero-order chi connectivity index (χ0) is 23.1. The average Bonchev–Trinajstić information content (AvgIpc) is 3.38. The Hall–Kier alpha value is -2.52. The minimum atomic E-state index is -0.294. The van der Waals surface area contributed by atoms with Crippen LogP contribution in [0.2, 0.25) is 0 Å². The summed E-state index contributed by atoms with van der Waals surface area (Å²) in [5.74, 6) is 0.178. The number of nitrogens with one attached hydrogen (secondary N) is 2. The summed E-state index contributed by atoms with van der Waals surface area (Å²) in [5.41, 5.74) is 11.5. The topological polar surface area (TPSA) is 153 Å². The van der Waals surface area contributed by atoms with E-state index in [1.165, 1.54) is 0 Å². The average molecular weight is 451 g/mol. The van der Waals surface area contributed by atoms with Crippen LogP contribution in [0.15, 0.2) is 9.98 Å². The minimum absolute atomic E-state index is 0.126. The third-order valence-corrected chi connectivity index (χ3v) is 6.60. The first-order valence-corrected chi connectivity index (χ1v) is 11.8. The van der Waals surface area contributed by atoms with Crippen LogP contribution in [-0.4, -0.2) is 62.2 Å². The molecule has 1 saturated heterocycles. The third kappa shape index (κ3) is 6.74. The van der Waals surface area contributed by atoms with Gasteiger partial charge in [0.15, 0.2) is 11.9 Å². The first kappa shape index (κ1) is 24.1. The van der Waals surface area contributed by atoms with E-state index in [-0.39, 0.29) is 47.7 Å². The van der Waals surface area contributed by atoms with Gasteiger partial charge in [-0.3, -0.25) is 19.6 Å². The second kappa shape index (κ2) is 11.4. The van der Waals surface area contributed by atoms with Gasteiger partial charge in [0.25, 0.3) is 0 Å². The minimum Gasteiger partial charge on any atom is -0.465 e. The van der Waals surface area contributed by atoms with Crippen molar-refractivity contribution in [3.05, 3.63) is 0 Å². The Balaban J connectivity index is 1.62. The molecule has 0 aliphatic carbocycles. The molecule has 10 heteroatoms. The molecule has 3 aliphatic rings. The van der Waals surface area contributed by atoms with Crippen LogP contribution in [-0.2, 0) is 19.1 Å². The number of aliphatic imine (C=N–C) groups is 2. The number of nitrogens with zero attached hydrogens (tertiary/aromatic N) is 2. The lowest BCUT2D eigenvalue weighted by Gasteiger charge is -2.26. The van der Waals surface area contributed by atoms with Gasteiger partial charge in [-0.25, -0.2) is 0 Å². The predicted molar refractivity (Wildman–Crippen MR) is 122 cm³/mol. The Morgan fingerprint density at radius 3 is 1.50 bits per heavy atom. The van der Waals surface area contributed by atoms with Gasteiger partial charge in [0.2, 0.25) is 0 Å². The summed E-state index contributed by atoms with van der Waals surface area (Å²) in [6.45, 7) is 5.82. The molecular weight excluding hydrogens is 412 g/mol. The van der Waals surface area contributed by atoms with Crippen LogP contribution in [0.5, 0.6) is 0 Å². The lowest BCUT2D eigenvalue weighted by Crippen LogP contribution is -2.44. The monoisotopic (exact) mass is 450 g/mol. The number of carbonyl (C=O) groups is 2. The van der Waals surface area contributed by atoms with Gasteiger partial charge in [-0.05, 0) is 37.5 Å². The van der Waals surface area contributed by atoms with E-state index in [1.54, 1.807) is 0 Å². The number of cyclic esters (lactones) is 2. The molecule has 0 unspecified atom stereocenters. The van der Waals surface area contributed by atoms with Crippen LogP contribution < -0.4 is 22.1 Å². The molecule has 0 saturated carbocycles. The molecule has 0 aromatic carbocycles. The summed E-state index contributed by atoms with van der Waals surface area (Å²) >= 11 is 0. The van der Waals surface area contributed by atoms with Gasteiger partial charge in [-0.1, -0.05) is 26.7 Å². The van der Waals surface area contributed by atoms with Crippen LogP contribution in [0.25, 0.3) is 0 Å². The number of guanidine groups is 2. The predicted octanol–water partition coefficient (Wildman–Crippen LogP) is 0.505. The number of esters is 2. The van der Waals surface area contributed by atoms with E-state index >= 15 is 0 Å². The van der Waals surface area contributed by atoms with Crippen molar-refractivity contribution in [2.24, 2.45) is 45.1 Å². The van der Waals surface area contributed by atoms with Gasteiger partial charge in [0, 0.05) is 0 Å². The number of hydrogen-bond donors (Lipinski definition) is 4. The molecule has 0 radical (unpaired) electrons. The van der Waals surface area contributed by atoms with Crippen molar-refractivity contribution in [2.75, 3.05) is 26.3 Å². The fourth-order valence-electron chi connectivity index (χ4n) is 4.58. The molecule has 0 amide bonds. The molecule has 1 fully saturated rings. The Labute approximate surface area is 190 Å². The largest absolute Gasteiger partial charge is 0.465 e. The summed E-state index contributed by atoms with van der Waals surface area (Å²) in [6, 6.07) is -0.252. The standard InChI is InChI=1S/C22H38N6O4/c1-13-5-3-7-15(17-9-25-21(23)27-17)20(30)32-12-14(2)6-4-8-16(19(29)31-11-13)18-10-26-22(24)28-18/h13-18H,3-12H2,1-2H3,(H3,23,25,27)(H3,24,26,28)/t13-,14+,15-,16-,17+,18+/m1/s1. The zero-order valence-corrected chi connectivity index (χ0v) is 19.2. The van der Waals surface area contributed by atoms with Crippen molar-refractivity contribution < 1.29 is 19.1 Å². The fraction of sp³-hybridized carbons (Fsp3) is 0.818. The number of carbonyl (C=O) groups excluding carboxylic acids is 2. The highest BCUT2D eigenvalue weighted by Gasteiger charge is 2.34. The molecule has 3 aliphatic heterocycles. The molecule has 10 nitrogen and oxygen atoms in total. The van der Waals surface area contributed by atoms with Crippen molar-refractivity contribution in [3.63, 3.8) is 0 Å². The lowest BCUT2D eigenvalue weighted by molar-refractivity contribution is -0.151. The highest BCUT2D eigenvalue weighted by Crippen LogP contribution is 2.24. The zero-order valence-electron chi connectivity index (χ0n) is 19.2. The van der Waals surface area contributed by atoms with Gasteiger partial charge in [0.05, 0.1) is 50.2 Å². The Kier molecular flexibility index (Phi) is 8.58. The second-order valence-corrected chi connectivity index (χ2v) is 9.50. The molecule has 3 rings (SSSR count). The first-order valence-electron chi connectivity index (χ1n) is 11.8. The number of ether oxygens (including phenoxy) is 2. The number of rotatable bonds is 2. The lowest BCUT2D eigenvalue weighted by atomic mass is 9.91. The number of hydrogen-bond acceptors (Lipinski definition) is 10. The van der Waals surface area contributed by atoms with E-state index < -0.39 is 0 Å². The Morgan fingerprint density at radius 1 is 0.750 bits per heavy atom. The summed E-state index contributed by atoms with van der Waals surface area (Å²) in [5, 5.41) is 6.21. The third-order valence-electron chi connectivity index (χ3n) is 6.60. The van der Waals surface area contributed by atoms with Crippen molar-refractivity contribution in [1.82, 2.24) is 10.6 Å². The normalized spacial score (nSPS) is 35.7. The maximum Gasteiger partial charge on any atom is 0.311 e. The highest BCUT2D eigenvalue weighted by atomic mass is 16.5. The summed E-state index contributed by atoms with van der Waals surface area (Å²) in [4.78, 5) is 34.1. The Bertz CT molecular complexity index is 667. The molecule has 3 heterocycles. The smallest absolute Gasteiger partial charge is 0.311 e. The number of nitrogens with two attached hydrogens (primary N) is 2. The van der Waals surface area contributed by atoms with Crippen LogP contribution in [0.3, 0.4) is 0 Å². The van der Waals surface area contributed by atoms with Crippen LogP contribution in [0, 0.1) is 23.7 Å². The molecule has 6 atom stereocenters. The van der Waals surface area contributed by atoms with Crippen LogP contribution in [0.4, 0.5) is 0 Å². The first-order chi connectivity index (χ1) is 15.3. The van der Waals surface area contributed by atoms with Crippen LogP contribution >= 0.6 is 0 Å². The van der Waals surface area contributed by atoms with E-state index in [0.717, 1.165) is 25.7 Å². The summed E-state index contributed by atoms with van der Waals surface area (Å²) < 4.78 is 11.4. The van der Waals surface area contributed by atoms with Gasteiger partial charge >= 0.3 is 11.9 Å². The van der Waals surface area contributed by atoms with Crippen molar-refractivity contribution >= 4 is 23.9 Å². The molecule has 32 heavy (non-hydrogen) atoms. The van der Waals surface area contributed by atoms with E-state index in [4.69, 9.17) is 20.9 Å². The Morgan fingerprint density at radius 2 is 1.16 bits per heavy atom. The maximum absolute atomic E-state index is 12.9. The molecule has 6 N–H and O–H groups in total. The molecule has 0 aromatic heterocycles. The van der Waals surface area contributed by atoms with Crippen molar-refractivity contribution in [1.29, 1.82) is 0 Å². The SMILES string of the molecule is C[C@@H]1CCC[C@H]([C@@H]2CN=C(N)N2)C(=O)OC[C@@H](C)CCC[C@H]([C@@H]2CN=C(N)N2)C(=O)OC1. The highest BCUT2D eigenvalue weighted by molar-refractivity contribution is 5.82. The molecule has 0 spiro atoms. The second-order valence-electron chi connectivity index (χ2n) is 9.50. The van der Waals surface area contributed by atoms with E-state index in [0.29, 0.717) is 51.1 Å². The quantitative estimate of drug-likeness (QED) is 0.444. The molecule has 180 valence electrons. The summed E-state index contributed by atoms with van der Waals surface area (Å²) in [6.07, 6.45) is 4.69. The van der Waals surface area contributed by atoms with E-state index in [9.17, 15) is 9.59 Å². The maximum atomic E-state index is 12.9. The van der Waals surface area contributed by atoms with Crippen LogP contribution in [0.1, 0.15) is 52.4 Å². The molecular formula is C22H38N6O4. The van der Waals surface area contributed by atoms with E-state index in [2.05, 4.69) is 34.5 Å². The molecule has 0 bridgehead atoms. The van der Waals surface area contributed by atoms with Gasteiger partial charge < -0.3 is 31.6 Å². The van der Waals surface area contributed by atoms with Gasteiger partial charge in [-0.15, -0.1) is 0 Å². The van der Waals surface area contributed by atoms with Crippen molar-refractivity contribution in [3.8, 4) is 0 Å². The molecule has 0 aromatic rings. The van der Waals surface area contributed by atoms with E-state index in [1.807, 2.05) is 0 Å². The van der Waals surface area contributed by atoms with Gasteiger partial charge in [-0.2, -0.15) is 0 Å².